The molecule has 43 heavy (non-hydrogen) atoms. The van der Waals surface area contributed by atoms with Crippen LogP contribution in [0.25, 0.3) is 0 Å². The van der Waals surface area contributed by atoms with Gasteiger partial charge in [-0.3, -0.25) is 4.79 Å². The summed E-state index contributed by atoms with van der Waals surface area (Å²) in [6, 6.07) is 0. The molecular weight excluding hydrogens is 588 g/mol. The molecular formula is C25H44O18. The van der Waals surface area contributed by atoms with Crippen LogP contribution in [0.5, 0.6) is 0 Å². The molecule has 18 heteroatoms. The molecule has 0 spiro atoms. The highest BCUT2D eigenvalue weighted by atomic mass is 16.8. The number of carbonyl (C=O) groups is 1. The van der Waals surface area contributed by atoms with Gasteiger partial charge in [0, 0.05) is 13.0 Å². The second kappa shape index (κ2) is 16.9. The Kier molecular flexibility index (Phi) is 14.3. The molecule has 0 bridgehead atoms. The van der Waals surface area contributed by atoms with Crippen molar-refractivity contribution in [3.05, 3.63) is 0 Å². The van der Waals surface area contributed by atoms with Gasteiger partial charge >= 0.3 is 5.97 Å². The summed E-state index contributed by atoms with van der Waals surface area (Å²) in [5, 5.41) is 102. The molecule has 0 aromatic rings. The number of carbonyl (C=O) groups excluding carboxylic acids is 1. The molecule has 252 valence electrons. The van der Waals surface area contributed by atoms with Crippen molar-refractivity contribution in [2.75, 3.05) is 33.5 Å². The van der Waals surface area contributed by atoms with Crippen LogP contribution in [0.15, 0.2) is 0 Å². The number of esters is 1. The summed E-state index contributed by atoms with van der Waals surface area (Å²) in [5.74, 6) is -0.366. The lowest BCUT2D eigenvalue weighted by molar-refractivity contribution is -0.393. The van der Waals surface area contributed by atoms with Crippen molar-refractivity contribution in [1.29, 1.82) is 0 Å². The lowest BCUT2D eigenvalue weighted by Crippen LogP contribution is -2.67. The summed E-state index contributed by atoms with van der Waals surface area (Å²) in [4.78, 5) is 11.3. The summed E-state index contributed by atoms with van der Waals surface area (Å²) in [7, 11) is 1.28. The third-order valence-electron chi connectivity index (χ3n) is 7.62. The maximum absolute atomic E-state index is 11.3. The van der Waals surface area contributed by atoms with Crippen molar-refractivity contribution in [1.82, 2.24) is 0 Å². The zero-order valence-corrected chi connectivity index (χ0v) is 23.6. The van der Waals surface area contributed by atoms with Gasteiger partial charge in [0.1, 0.15) is 73.2 Å². The first-order valence-electron chi connectivity index (χ1n) is 14.0. The average Bonchev–Trinajstić information content (AvgIpc) is 3.00. The highest BCUT2D eigenvalue weighted by Crippen LogP contribution is 2.33. The second-order valence-corrected chi connectivity index (χ2v) is 10.6. The van der Waals surface area contributed by atoms with E-state index in [0.717, 1.165) is 0 Å². The minimum atomic E-state index is -1.90. The first kappa shape index (κ1) is 36.3. The Labute approximate surface area is 246 Å². The molecule has 0 aliphatic carbocycles. The molecule has 10 N–H and O–H groups in total. The number of hydrogen-bond donors (Lipinski definition) is 10. The lowest BCUT2D eigenvalue weighted by atomic mass is 9.96. The van der Waals surface area contributed by atoms with Gasteiger partial charge in [0.15, 0.2) is 18.9 Å². The summed E-state index contributed by atoms with van der Waals surface area (Å²) in [5.41, 5.74) is 0. The SMILES string of the molecule is COC(=O)CCCCCO[C@H]1O[C@H](CO)[C@@H](O)[C@H](O)[C@H]1O[C@H]1O[C@H](CO)[C@@H](O)[C@H](O)[C@H]1O[C@H]1O[C@H](CO)[C@@H](O)[C@H](O)[C@H]1O. The molecule has 3 heterocycles. The molecule has 3 saturated heterocycles. The lowest BCUT2D eigenvalue weighted by Gasteiger charge is -2.48. The molecule has 15 atom stereocenters. The fourth-order valence-corrected chi connectivity index (χ4v) is 4.99. The largest absolute Gasteiger partial charge is 0.469 e. The normalized spacial score (nSPS) is 43.8. The Morgan fingerprint density at radius 1 is 0.581 bits per heavy atom. The van der Waals surface area contributed by atoms with E-state index in [1.165, 1.54) is 7.11 Å². The van der Waals surface area contributed by atoms with Crippen molar-refractivity contribution < 1.29 is 89.0 Å². The smallest absolute Gasteiger partial charge is 0.305 e. The maximum atomic E-state index is 11.3. The minimum Gasteiger partial charge on any atom is -0.469 e. The van der Waals surface area contributed by atoms with Gasteiger partial charge < -0.3 is 84.2 Å². The Morgan fingerprint density at radius 2 is 1.05 bits per heavy atom. The average molecular weight is 633 g/mol. The first-order valence-corrected chi connectivity index (χ1v) is 14.0. The third-order valence-corrected chi connectivity index (χ3v) is 7.62. The molecule has 3 aliphatic heterocycles. The number of hydrogen-bond acceptors (Lipinski definition) is 18. The van der Waals surface area contributed by atoms with Gasteiger partial charge in [-0.2, -0.15) is 0 Å². The Bertz CT molecular complexity index is 834. The van der Waals surface area contributed by atoms with Crippen molar-refractivity contribution in [3.8, 4) is 0 Å². The predicted octanol–water partition coefficient (Wildman–Crippen LogP) is -5.82. The van der Waals surface area contributed by atoms with Gasteiger partial charge in [0.2, 0.25) is 0 Å². The van der Waals surface area contributed by atoms with Crippen LogP contribution in [0.1, 0.15) is 25.7 Å². The van der Waals surface area contributed by atoms with Crippen molar-refractivity contribution >= 4 is 5.97 Å². The van der Waals surface area contributed by atoms with Gasteiger partial charge in [-0.25, -0.2) is 0 Å². The van der Waals surface area contributed by atoms with E-state index >= 15 is 0 Å². The van der Waals surface area contributed by atoms with E-state index in [9.17, 15) is 55.9 Å². The molecule has 0 aromatic heterocycles. The van der Waals surface area contributed by atoms with Gasteiger partial charge in [0.05, 0.1) is 26.9 Å². The summed E-state index contributed by atoms with van der Waals surface area (Å²) in [6.45, 7) is -2.23. The number of rotatable bonds is 14. The summed E-state index contributed by atoms with van der Waals surface area (Å²) >= 11 is 0. The molecule has 0 aromatic carbocycles. The van der Waals surface area contributed by atoms with E-state index in [-0.39, 0.29) is 19.0 Å². The third kappa shape index (κ3) is 8.76. The quantitative estimate of drug-likeness (QED) is 0.0630. The second-order valence-electron chi connectivity index (χ2n) is 10.6. The number of aliphatic hydroxyl groups excluding tert-OH is 10. The van der Waals surface area contributed by atoms with Crippen molar-refractivity contribution in [2.45, 2.75) is 118 Å². The van der Waals surface area contributed by atoms with Crippen LogP contribution >= 0.6 is 0 Å². The van der Waals surface area contributed by atoms with E-state index in [2.05, 4.69) is 4.74 Å². The summed E-state index contributed by atoms with van der Waals surface area (Å²) in [6.07, 6.45) is -23.2. The number of unbranched alkanes of at least 4 members (excludes halogenated alkanes) is 2. The zero-order chi connectivity index (χ0) is 31.8. The summed E-state index contributed by atoms with van der Waals surface area (Å²) < 4.78 is 38.3. The molecule has 3 rings (SSSR count). The van der Waals surface area contributed by atoms with E-state index in [0.29, 0.717) is 19.3 Å². The van der Waals surface area contributed by atoms with Crippen molar-refractivity contribution in [3.63, 3.8) is 0 Å². The molecule has 3 aliphatic rings. The molecule has 18 nitrogen and oxygen atoms in total. The highest BCUT2D eigenvalue weighted by Gasteiger charge is 2.54. The van der Waals surface area contributed by atoms with E-state index in [4.69, 9.17) is 28.4 Å². The van der Waals surface area contributed by atoms with Crippen LogP contribution in [0, 0.1) is 0 Å². The molecule has 0 radical (unpaired) electrons. The van der Waals surface area contributed by atoms with Gasteiger partial charge in [-0.1, -0.05) is 6.42 Å². The van der Waals surface area contributed by atoms with Crippen LogP contribution in [0.2, 0.25) is 0 Å². The number of methoxy groups -OCH3 is 1. The Morgan fingerprint density at radius 3 is 1.58 bits per heavy atom. The topological polar surface area (TPSA) is 284 Å². The zero-order valence-electron chi connectivity index (χ0n) is 23.6. The number of ether oxygens (including phenoxy) is 7. The number of aliphatic hydroxyl groups is 10. The maximum Gasteiger partial charge on any atom is 0.305 e. The van der Waals surface area contributed by atoms with Crippen LogP contribution in [0.4, 0.5) is 0 Å². The monoisotopic (exact) mass is 632 g/mol. The molecule has 0 amide bonds. The van der Waals surface area contributed by atoms with Crippen molar-refractivity contribution in [2.24, 2.45) is 0 Å². The fourth-order valence-electron chi connectivity index (χ4n) is 4.99. The Balaban J connectivity index is 1.77. The molecule has 0 saturated carbocycles. The van der Waals surface area contributed by atoms with Gasteiger partial charge in [-0.05, 0) is 12.8 Å². The van der Waals surface area contributed by atoms with Crippen LogP contribution in [-0.4, -0.2) is 183 Å². The first-order chi connectivity index (χ1) is 20.5. The van der Waals surface area contributed by atoms with Crippen LogP contribution in [0.3, 0.4) is 0 Å². The highest BCUT2D eigenvalue weighted by molar-refractivity contribution is 5.68. The van der Waals surface area contributed by atoms with Crippen LogP contribution < -0.4 is 0 Å². The predicted molar refractivity (Wildman–Crippen MR) is 135 cm³/mol. The minimum absolute atomic E-state index is 0.0313. The van der Waals surface area contributed by atoms with E-state index in [1.54, 1.807) is 0 Å². The molecule has 3 fully saturated rings. The van der Waals surface area contributed by atoms with Gasteiger partial charge in [0.25, 0.3) is 0 Å². The van der Waals surface area contributed by atoms with E-state index < -0.39 is 112 Å². The Hall–Kier alpha value is -1.17. The van der Waals surface area contributed by atoms with Crippen LogP contribution in [-0.2, 0) is 38.0 Å². The van der Waals surface area contributed by atoms with Gasteiger partial charge in [-0.15, -0.1) is 0 Å². The molecule has 0 unspecified atom stereocenters. The van der Waals surface area contributed by atoms with E-state index in [1.807, 2.05) is 0 Å². The standard InChI is InChI=1S/C25H44O18/c1-37-13(29)5-3-2-4-6-38-24-21(18(34)15(31)11(8-27)40-24)43-25-22(19(35)16(32)12(9-28)41-25)42-23-20(36)17(33)14(30)10(7-26)39-23/h10-12,14-28,30-36H,2-9H2,1H3/t10-,11-,12-,14-,15-,16-,17+,18+,19+,20-,21-,22-,23-,24+,25-/m1/s1. The fraction of sp³-hybridized carbons (Fsp3) is 0.960.